The number of aromatic hydroxyl groups is 1. The molecule has 1 unspecified atom stereocenters. The van der Waals surface area contributed by atoms with E-state index in [1.165, 1.54) is 0 Å². The summed E-state index contributed by atoms with van der Waals surface area (Å²) >= 11 is 0. The van der Waals surface area contributed by atoms with Crippen molar-refractivity contribution in [2.24, 2.45) is 5.92 Å². The zero-order chi connectivity index (χ0) is 25.9. The minimum absolute atomic E-state index is 0.0759. The quantitative estimate of drug-likeness (QED) is 0.369. The number of carbonyl (C=O) groups is 2. The van der Waals surface area contributed by atoms with Crippen LogP contribution in [0.25, 0.3) is 33.5 Å². The fourth-order valence-corrected chi connectivity index (χ4v) is 4.80. The van der Waals surface area contributed by atoms with Gasteiger partial charge in [-0.3, -0.25) is 9.59 Å². The first kappa shape index (κ1) is 24.3. The summed E-state index contributed by atoms with van der Waals surface area (Å²) in [5, 5.41) is 13.6. The van der Waals surface area contributed by atoms with Crippen molar-refractivity contribution in [3.63, 3.8) is 0 Å². The van der Waals surface area contributed by atoms with Crippen LogP contribution >= 0.6 is 0 Å². The van der Waals surface area contributed by atoms with Gasteiger partial charge in [0.1, 0.15) is 11.6 Å². The van der Waals surface area contributed by atoms with E-state index in [-0.39, 0.29) is 23.5 Å². The first-order valence-electron chi connectivity index (χ1n) is 12.3. The Morgan fingerprint density at radius 1 is 1.19 bits per heavy atom. The first-order chi connectivity index (χ1) is 17.9. The molecule has 190 valence electrons. The molecule has 1 aliphatic rings. The van der Waals surface area contributed by atoms with E-state index in [2.05, 4.69) is 20.3 Å². The Bertz CT molecular complexity index is 1460. The van der Waals surface area contributed by atoms with E-state index in [1.807, 2.05) is 29.2 Å². The molecule has 0 radical (unpaired) electrons. The Kier molecular flexibility index (Phi) is 6.76. The van der Waals surface area contributed by atoms with E-state index in [9.17, 15) is 14.7 Å². The Hall–Kier alpha value is -4.40. The molecule has 4 aromatic rings. The van der Waals surface area contributed by atoms with Crippen LogP contribution in [0.3, 0.4) is 0 Å². The molecular formula is C28H29N5O4. The van der Waals surface area contributed by atoms with Crippen molar-refractivity contribution < 1.29 is 19.4 Å². The number of amides is 2. The van der Waals surface area contributed by atoms with Gasteiger partial charge in [0.05, 0.1) is 23.7 Å². The van der Waals surface area contributed by atoms with Gasteiger partial charge in [-0.15, -0.1) is 0 Å². The van der Waals surface area contributed by atoms with E-state index in [0.717, 1.165) is 36.0 Å². The third-order valence-electron chi connectivity index (χ3n) is 6.79. The number of aromatic amines is 1. The monoisotopic (exact) mass is 499 g/mol. The first-order valence-corrected chi connectivity index (χ1v) is 12.3. The molecule has 5 rings (SSSR count). The second kappa shape index (κ2) is 10.3. The van der Waals surface area contributed by atoms with Crippen LogP contribution in [-0.4, -0.2) is 63.5 Å². The molecule has 0 spiro atoms. The molecule has 2 aromatic carbocycles. The van der Waals surface area contributed by atoms with Gasteiger partial charge in [-0.2, -0.15) is 0 Å². The molecule has 9 nitrogen and oxygen atoms in total. The minimum Gasteiger partial charge on any atom is -0.507 e. The van der Waals surface area contributed by atoms with Gasteiger partial charge < -0.3 is 25.0 Å². The fourth-order valence-electron chi connectivity index (χ4n) is 4.80. The average molecular weight is 500 g/mol. The lowest BCUT2D eigenvalue weighted by Gasteiger charge is -2.32. The van der Waals surface area contributed by atoms with Gasteiger partial charge in [0.2, 0.25) is 11.8 Å². The Labute approximate surface area is 214 Å². The zero-order valence-corrected chi connectivity index (χ0v) is 20.8. The van der Waals surface area contributed by atoms with Gasteiger partial charge in [0, 0.05) is 43.9 Å². The standard InChI is InChI=1S/C28H29N5O4/c1-17(34)33-12-4-5-18(16-33)15-30-27(36)20-7-9-23-24(14-20)32-26(31-23)22-13-19(8-10-25(22)35)21-6-3-11-29-28(21)37-2/h3,6-11,13-14,18,35H,4-5,12,15-16H2,1-2H3,(H,30,36)(H,31,32). The van der Waals surface area contributed by atoms with E-state index in [4.69, 9.17) is 4.74 Å². The molecule has 0 saturated carbocycles. The number of ether oxygens (including phenoxy) is 1. The van der Waals surface area contributed by atoms with Crippen molar-refractivity contribution in [1.29, 1.82) is 0 Å². The SMILES string of the molecule is COc1ncccc1-c1ccc(O)c(-c2nc3cc(C(=O)NCC4CCCN(C(C)=O)C4)ccc3[nH]2)c1. The molecule has 3 N–H and O–H groups in total. The average Bonchev–Trinajstić information content (AvgIpc) is 3.35. The van der Waals surface area contributed by atoms with Gasteiger partial charge in [0.15, 0.2) is 0 Å². The Morgan fingerprint density at radius 2 is 2.05 bits per heavy atom. The van der Waals surface area contributed by atoms with Crippen molar-refractivity contribution in [2.75, 3.05) is 26.7 Å². The second-order valence-electron chi connectivity index (χ2n) is 9.29. The molecule has 1 atom stereocenters. The van der Waals surface area contributed by atoms with Crippen molar-refractivity contribution in [2.45, 2.75) is 19.8 Å². The number of rotatable bonds is 6. The number of fused-ring (bicyclic) bond motifs is 1. The van der Waals surface area contributed by atoms with E-state index in [1.54, 1.807) is 44.5 Å². The molecule has 2 amide bonds. The van der Waals surface area contributed by atoms with Crippen molar-refractivity contribution in [1.82, 2.24) is 25.2 Å². The zero-order valence-electron chi connectivity index (χ0n) is 20.8. The highest BCUT2D eigenvalue weighted by Crippen LogP contribution is 2.35. The molecular weight excluding hydrogens is 470 g/mol. The third-order valence-corrected chi connectivity index (χ3v) is 6.79. The van der Waals surface area contributed by atoms with Crippen molar-refractivity contribution >= 4 is 22.8 Å². The van der Waals surface area contributed by atoms with Crippen LogP contribution in [0.5, 0.6) is 11.6 Å². The second-order valence-corrected chi connectivity index (χ2v) is 9.29. The number of phenolic OH excluding ortho intramolecular Hbond substituents is 1. The van der Waals surface area contributed by atoms with E-state index < -0.39 is 0 Å². The lowest BCUT2D eigenvalue weighted by atomic mass is 9.98. The third kappa shape index (κ3) is 5.11. The number of methoxy groups -OCH3 is 1. The smallest absolute Gasteiger partial charge is 0.251 e. The molecule has 0 bridgehead atoms. The summed E-state index contributed by atoms with van der Waals surface area (Å²) < 4.78 is 5.38. The van der Waals surface area contributed by atoms with Gasteiger partial charge >= 0.3 is 0 Å². The number of piperidine rings is 1. The molecule has 1 aliphatic heterocycles. The van der Waals surface area contributed by atoms with Crippen LogP contribution in [0.2, 0.25) is 0 Å². The maximum Gasteiger partial charge on any atom is 0.251 e. The van der Waals surface area contributed by atoms with Crippen molar-refractivity contribution in [3.8, 4) is 34.1 Å². The number of nitrogens with one attached hydrogen (secondary N) is 2. The fraction of sp³-hybridized carbons (Fsp3) is 0.286. The number of hydrogen-bond donors (Lipinski definition) is 3. The number of H-pyrrole nitrogens is 1. The molecule has 37 heavy (non-hydrogen) atoms. The van der Waals surface area contributed by atoms with Crippen LogP contribution in [0, 0.1) is 5.92 Å². The summed E-state index contributed by atoms with van der Waals surface area (Å²) in [7, 11) is 1.57. The molecule has 3 heterocycles. The number of aromatic nitrogens is 3. The lowest BCUT2D eigenvalue weighted by Crippen LogP contribution is -2.42. The van der Waals surface area contributed by atoms with E-state index in [0.29, 0.717) is 41.4 Å². The van der Waals surface area contributed by atoms with Crippen LogP contribution < -0.4 is 10.1 Å². The number of likely N-dealkylation sites (tertiary alicyclic amines) is 1. The van der Waals surface area contributed by atoms with Crippen LogP contribution in [0.15, 0.2) is 54.7 Å². The molecule has 1 saturated heterocycles. The number of carbonyl (C=O) groups excluding carboxylic acids is 2. The van der Waals surface area contributed by atoms with Crippen LogP contribution in [0.4, 0.5) is 0 Å². The normalized spacial score (nSPS) is 15.5. The lowest BCUT2D eigenvalue weighted by molar-refractivity contribution is -0.130. The maximum atomic E-state index is 12.9. The highest BCUT2D eigenvalue weighted by Gasteiger charge is 2.22. The highest BCUT2D eigenvalue weighted by molar-refractivity contribution is 5.97. The van der Waals surface area contributed by atoms with Gasteiger partial charge in [-0.1, -0.05) is 6.07 Å². The largest absolute Gasteiger partial charge is 0.507 e. The predicted molar refractivity (Wildman–Crippen MR) is 140 cm³/mol. The molecule has 1 fully saturated rings. The topological polar surface area (TPSA) is 120 Å². The van der Waals surface area contributed by atoms with Crippen molar-refractivity contribution in [3.05, 3.63) is 60.3 Å². The number of benzene rings is 2. The summed E-state index contributed by atoms with van der Waals surface area (Å²) in [6.07, 6.45) is 3.59. The summed E-state index contributed by atoms with van der Waals surface area (Å²) in [6.45, 7) is 3.56. The van der Waals surface area contributed by atoms with Gasteiger partial charge in [-0.05, 0) is 66.8 Å². The maximum absolute atomic E-state index is 12.9. The van der Waals surface area contributed by atoms with Crippen LogP contribution in [-0.2, 0) is 4.79 Å². The summed E-state index contributed by atoms with van der Waals surface area (Å²) in [5.74, 6) is 1.20. The number of pyridine rings is 1. The molecule has 0 aliphatic carbocycles. The minimum atomic E-state index is -0.181. The van der Waals surface area contributed by atoms with Gasteiger partial charge in [0.25, 0.3) is 5.91 Å². The highest BCUT2D eigenvalue weighted by atomic mass is 16.5. The molecule has 2 aromatic heterocycles. The summed E-state index contributed by atoms with van der Waals surface area (Å²) in [4.78, 5) is 38.5. The number of nitrogens with zero attached hydrogens (tertiary/aromatic N) is 3. The number of phenols is 1. The Balaban J connectivity index is 1.35. The van der Waals surface area contributed by atoms with Crippen LogP contribution in [0.1, 0.15) is 30.1 Å². The Morgan fingerprint density at radius 3 is 2.86 bits per heavy atom. The number of hydrogen-bond acceptors (Lipinski definition) is 6. The van der Waals surface area contributed by atoms with Gasteiger partial charge in [-0.25, -0.2) is 9.97 Å². The summed E-state index contributed by atoms with van der Waals surface area (Å²) in [5.41, 5.74) is 4.02. The molecule has 9 heteroatoms. The predicted octanol–water partition coefficient (Wildman–Crippen LogP) is 3.99. The van der Waals surface area contributed by atoms with E-state index >= 15 is 0 Å². The number of imidazole rings is 1. The summed E-state index contributed by atoms with van der Waals surface area (Å²) in [6, 6.07) is 14.3.